The van der Waals surface area contributed by atoms with E-state index >= 15 is 0 Å². The summed E-state index contributed by atoms with van der Waals surface area (Å²) < 4.78 is 5.72. The molecule has 0 aromatic heterocycles. The lowest BCUT2D eigenvalue weighted by atomic mass is 9.96. The molecule has 0 unspecified atom stereocenters. The van der Waals surface area contributed by atoms with Gasteiger partial charge < -0.3 is 4.74 Å². The Hall–Kier alpha value is -1.43. The van der Waals surface area contributed by atoms with Gasteiger partial charge in [0.15, 0.2) is 0 Å². The second kappa shape index (κ2) is 7.10. The molecular formula is C12H14BrNO4. The van der Waals surface area contributed by atoms with Crippen LogP contribution in [0.1, 0.15) is 24.8 Å². The molecule has 0 bridgehead atoms. The van der Waals surface area contributed by atoms with Crippen LogP contribution in [-0.4, -0.2) is 24.0 Å². The predicted molar refractivity (Wildman–Crippen MR) is 70.0 cm³/mol. The summed E-state index contributed by atoms with van der Waals surface area (Å²) in [5.41, 5.74) is 0.767. The zero-order valence-corrected chi connectivity index (χ0v) is 11.6. The van der Waals surface area contributed by atoms with Crippen LogP contribution in [0.4, 0.5) is 0 Å². The molecule has 6 heteroatoms. The fraction of sp³-hybridized carbons (Fsp3) is 0.417. The Kier molecular flexibility index (Phi) is 5.77. The number of carbonyl (C=O) groups excluding carboxylic acids is 1. The molecule has 0 heterocycles. The van der Waals surface area contributed by atoms with Crippen LogP contribution in [0.5, 0.6) is 0 Å². The van der Waals surface area contributed by atoms with Crippen LogP contribution >= 0.6 is 15.9 Å². The van der Waals surface area contributed by atoms with E-state index in [1.165, 1.54) is 0 Å². The number of halogens is 1. The van der Waals surface area contributed by atoms with Gasteiger partial charge in [0.2, 0.25) is 6.54 Å². The molecule has 1 rings (SSSR count). The Bertz CT molecular complexity index is 419. The average molecular weight is 316 g/mol. The Balaban J connectivity index is 2.80. The summed E-state index contributed by atoms with van der Waals surface area (Å²) >= 11 is 3.30. The zero-order valence-electron chi connectivity index (χ0n) is 9.97. The predicted octanol–water partition coefficient (Wildman–Crippen LogP) is 2.76. The van der Waals surface area contributed by atoms with E-state index < -0.39 is 16.8 Å². The number of hydrogen-bond donors (Lipinski definition) is 0. The minimum absolute atomic E-state index is 0.0243. The van der Waals surface area contributed by atoms with Crippen molar-refractivity contribution in [2.45, 2.75) is 19.3 Å². The summed E-state index contributed by atoms with van der Waals surface area (Å²) in [6, 6.07) is 7.15. The summed E-state index contributed by atoms with van der Waals surface area (Å²) in [6.07, 6.45) is 0.0243. The van der Waals surface area contributed by atoms with Crippen LogP contribution in [0.25, 0.3) is 0 Å². The molecule has 0 saturated heterocycles. The van der Waals surface area contributed by atoms with Crippen molar-refractivity contribution in [3.63, 3.8) is 0 Å². The molecule has 5 nitrogen and oxygen atoms in total. The van der Waals surface area contributed by atoms with Crippen molar-refractivity contribution in [1.29, 1.82) is 0 Å². The smallest absolute Gasteiger partial charge is 0.306 e. The first-order chi connectivity index (χ1) is 8.52. The van der Waals surface area contributed by atoms with Gasteiger partial charge in [0, 0.05) is 9.40 Å². The van der Waals surface area contributed by atoms with Gasteiger partial charge in [0.25, 0.3) is 0 Å². The topological polar surface area (TPSA) is 69.4 Å². The standard InChI is InChI=1S/C12H14BrNO4/c1-2-18-12(15)7-10(8-14(16)17)9-3-5-11(13)6-4-9/h3-6,10H,2,7-8H2,1H3/t10-/m1/s1. The van der Waals surface area contributed by atoms with Crippen LogP contribution in [0.2, 0.25) is 0 Å². The molecule has 0 radical (unpaired) electrons. The average Bonchev–Trinajstić information content (AvgIpc) is 2.28. The fourth-order valence-electron chi connectivity index (χ4n) is 1.62. The van der Waals surface area contributed by atoms with Gasteiger partial charge in [-0.2, -0.15) is 0 Å². The van der Waals surface area contributed by atoms with Crippen molar-refractivity contribution in [3.8, 4) is 0 Å². The molecule has 18 heavy (non-hydrogen) atoms. The molecule has 0 saturated carbocycles. The maximum atomic E-state index is 11.4. The lowest BCUT2D eigenvalue weighted by Gasteiger charge is -2.12. The van der Waals surface area contributed by atoms with Gasteiger partial charge in [-0.3, -0.25) is 14.9 Å². The van der Waals surface area contributed by atoms with Crippen LogP contribution in [0, 0.1) is 10.1 Å². The molecule has 1 atom stereocenters. The van der Waals surface area contributed by atoms with E-state index in [1.54, 1.807) is 31.2 Å². The van der Waals surface area contributed by atoms with Crippen molar-refractivity contribution in [3.05, 3.63) is 44.4 Å². The number of rotatable bonds is 6. The molecule has 0 aliphatic carbocycles. The number of nitrogens with zero attached hydrogens (tertiary/aromatic N) is 1. The molecule has 0 N–H and O–H groups in total. The third kappa shape index (κ3) is 4.83. The van der Waals surface area contributed by atoms with E-state index in [1.807, 2.05) is 0 Å². The van der Waals surface area contributed by atoms with Gasteiger partial charge in [-0.25, -0.2) is 0 Å². The van der Waals surface area contributed by atoms with Crippen molar-refractivity contribution in [2.75, 3.05) is 13.2 Å². The van der Waals surface area contributed by atoms with Crippen molar-refractivity contribution in [2.24, 2.45) is 0 Å². The number of benzene rings is 1. The summed E-state index contributed by atoms with van der Waals surface area (Å²) in [5, 5.41) is 10.6. The molecule has 0 spiro atoms. The lowest BCUT2D eigenvalue weighted by Crippen LogP contribution is -2.18. The number of nitro groups is 1. The second-order valence-electron chi connectivity index (χ2n) is 3.77. The zero-order chi connectivity index (χ0) is 13.5. The van der Waals surface area contributed by atoms with Gasteiger partial charge in [-0.05, 0) is 24.6 Å². The lowest BCUT2D eigenvalue weighted by molar-refractivity contribution is -0.483. The van der Waals surface area contributed by atoms with E-state index in [0.29, 0.717) is 0 Å². The number of carbonyl (C=O) groups is 1. The Morgan fingerprint density at radius 1 is 1.44 bits per heavy atom. The van der Waals surface area contributed by atoms with Gasteiger partial charge >= 0.3 is 5.97 Å². The van der Waals surface area contributed by atoms with E-state index in [2.05, 4.69) is 15.9 Å². The molecule has 0 aliphatic rings. The van der Waals surface area contributed by atoms with Crippen LogP contribution in [0.15, 0.2) is 28.7 Å². The highest BCUT2D eigenvalue weighted by Gasteiger charge is 2.22. The molecular weight excluding hydrogens is 302 g/mol. The Morgan fingerprint density at radius 3 is 2.56 bits per heavy atom. The van der Waals surface area contributed by atoms with Gasteiger partial charge in [0.1, 0.15) is 0 Å². The summed E-state index contributed by atoms with van der Waals surface area (Å²) in [6.45, 7) is 1.71. The highest BCUT2D eigenvalue weighted by Crippen LogP contribution is 2.22. The largest absolute Gasteiger partial charge is 0.466 e. The second-order valence-corrected chi connectivity index (χ2v) is 4.69. The van der Waals surface area contributed by atoms with Crippen LogP contribution < -0.4 is 0 Å². The van der Waals surface area contributed by atoms with Crippen LogP contribution in [-0.2, 0) is 9.53 Å². The number of esters is 1. The third-order valence-corrected chi connectivity index (χ3v) is 2.96. The van der Waals surface area contributed by atoms with Gasteiger partial charge in [-0.15, -0.1) is 0 Å². The van der Waals surface area contributed by atoms with E-state index in [4.69, 9.17) is 4.74 Å². The van der Waals surface area contributed by atoms with Crippen molar-refractivity contribution in [1.82, 2.24) is 0 Å². The van der Waals surface area contributed by atoms with E-state index in [0.717, 1.165) is 10.0 Å². The van der Waals surface area contributed by atoms with E-state index in [-0.39, 0.29) is 19.6 Å². The maximum Gasteiger partial charge on any atom is 0.306 e. The normalized spacial score (nSPS) is 11.9. The maximum absolute atomic E-state index is 11.4. The summed E-state index contributed by atoms with van der Waals surface area (Å²) in [7, 11) is 0. The minimum Gasteiger partial charge on any atom is -0.466 e. The highest BCUT2D eigenvalue weighted by molar-refractivity contribution is 9.10. The van der Waals surface area contributed by atoms with Crippen LogP contribution in [0.3, 0.4) is 0 Å². The summed E-state index contributed by atoms with van der Waals surface area (Å²) in [4.78, 5) is 21.6. The first-order valence-corrected chi connectivity index (χ1v) is 6.35. The SMILES string of the molecule is CCOC(=O)C[C@H](C[N+](=O)[O-])c1ccc(Br)cc1. The molecule has 98 valence electrons. The first-order valence-electron chi connectivity index (χ1n) is 5.55. The van der Waals surface area contributed by atoms with E-state index in [9.17, 15) is 14.9 Å². The first kappa shape index (κ1) is 14.6. The minimum atomic E-state index is -0.452. The van der Waals surface area contributed by atoms with Gasteiger partial charge in [-0.1, -0.05) is 28.1 Å². The number of ether oxygens (including phenoxy) is 1. The van der Waals surface area contributed by atoms with Gasteiger partial charge in [0.05, 0.1) is 18.9 Å². The van der Waals surface area contributed by atoms with Crippen molar-refractivity contribution < 1.29 is 14.5 Å². The number of hydrogen-bond acceptors (Lipinski definition) is 4. The fourth-order valence-corrected chi connectivity index (χ4v) is 1.89. The quantitative estimate of drug-likeness (QED) is 0.460. The summed E-state index contributed by atoms with van der Waals surface area (Å²) in [5.74, 6) is -0.862. The molecule has 0 amide bonds. The monoisotopic (exact) mass is 315 g/mol. The third-order valence-electron chi connectivity index (χ3n) is 2.43. The Labute approximate surface area is 113 Å². The van der Waals surface area contributed by atoms with Crippen molar-refractivity contribution >= 4 is 21.9 Å². The molecule has 0 fully saturated rings. The molecule has 1 aromatic carbocycles. The highest BCUT2D eigenvalue weighted by atomic mass is 79.9. The Morgan fingerprint density at radius 2 is 2.06 bits per heavy atom. The molecule has 0 aliphatic heterocycles. The molecule has 1 aromatic rings.